The predicted molar refractivity (Wildman–Crippen MR) is 86.3 cm³/mol. The minimum atomic E-state index is -0.294. The van der Waals surface area contributed by atoms with E-state index in [9.17, 15) is 9.18 Å². The summed E-state index contributed by atoms with van der Waals surface area (Å²) in [4.78, 5) is 12.5. The number of benzene rings is 2. The van der Waals surface area contributed by atoms with Crippen LogP contribution in [0.1, 0.15) is 25.3 Å². The van der Waals surface area contributed by atoms with Crippen molar-refractivity contribution in [3.05, 3.63) is 59.9 Å². The molecule has 2 nitrogen and oxygen atoms in total. The van der Waals surface area contributed by atoms with E-state index < -0.39 is 0 Å². The minimum Gasteiger partial charge on any atom is -0.325 e. The highest BCUT2D eigenvalue weighted by atomic mass is 32.2. The van der Waals surface area contributed by atoms with Crippen molar-refractivity contribution in [2.24, 2.45) is 0 Å². The molecule has 0 aliphatic carbocycles. The van der Waals surface area contributed by atoms with Gasteiger partial charge in [0.15, 0.2) is 0 Å². The zero-order valence-electron chi connectivity index (χ0n) is 12.1. The summed E-state index contributed by atoms with van der Waals surface area (Å²) < 4.78 is 13.5. The van der Waals surface area contributed by atoms with Gasteiger partial charge in [-0.3, -0.25) is 4.79 Å². The zero-order chi connectivity index (χ0) is 15.2. The molecule has 0 aliphatic heterocycles. The van der Waals surface area contributed by atoms with Gasteiger partial charge in [0.05, 0.1) is 5.75 Å². The molecule has 0 bridgehead atoms. The van der Waals surface area contributed by atoms with Crippen LogP contribution < -0.4 is 5.32 Å². The molecule has 21 heavy (non-hydrogen) atoms. The smallest absolute Gasteiger partial charge is 0.234 e. The molecule has 2 aromatic carbocycles. The molecule has 110 valence electrons. The van der Waals surface area contributed by atoms with Crippen molar-refractivity contribution >= 4 is 23.4 Å². The lowest BCUT2D eigenvalue weighted by molar-refractivity contribution is -0.113. The number of nitrogens with one attached hydrogen (secondary N) is 1. The van der Waals surface area contributed by atoms with E-state index in [-0.39, 0.29) is 17.5 Å². The summed E-state index contributed by atoms with van der Waals surface area (Å²) in [6, 6.07) is 14.2. The molecule has 0 saturated heterocycles. The first-order valence-electron chi connectivity index (χ1n) is 6.84. The highest BCUT2D eigenvalue weighted by Crippen LogP contribution is 2.25. The summed E-state index contributed by atoms with van der Waals surface area (Å²) in [5, 5.41) is 2.90. The molecular formula is C17H18FNOS. The second-order valence-corrected chi connectivity index (χ2v) is 6.03. The number of halogens is 1. The molecule has 1 N–H and O–H groups in total. The van der Waals surface area contributed by atoms with E-state index in [4.69, 9.17) is 0 Å². The predicted octanol–water partition coefficient (Wildman–Crippen LogP) is 4.68. The standard InChI is InChI=1S/C17H18FNOS/c1-12(2)13-7-3-5-9-15(13)19-17(20)11-21-16-10-6-4-8-14(16)18/h3-10,12H,11H2,1-2H3,(H,19,20). The van der Waals surface area contributed by atoms with E-state index in [2.05, 4.69) is 19.2 Å². The molecule has 0 heterocycles. The average Bonchev–Trinajstić information content (AvgIpc) is 2.47. The van der Waals surface area contributed by atoms with Gasteiger partial charge in [-0.1, -0.05) is 44.2 Å². The second kappa shape index (κ2) is 7.27. The fourth-order valence-electron chi connectivity index (χ4n) is 2.01. The lowest BCUT2D eigenvalue weighted by Gasteiger charge is -2.13. The van der Waals surface area contributed by atoms with Crippen molar-refractivity contribution in [3.8, 4) is 0 Å². The summed E-state index contributed by atoms with van der Waals surface area (Å²) in [6.07, 6.45) is 0. The fourth-order valence-corrected chi connectivity index (χ4v) is 2.75. The van der Waals surface area contributed by atoms with Crippen LogP contribution in [0.3, 0.4) is 0 Å². The molecule has 0 spiro atoms. The Hall–Kier alpha value is -1.81. The van der Waals surface area contributed by atoms with Gasteiger partial charge in [-0.25, -0.2) is 4.39 Å². The number of thioether (sulfide) groups is 1. The molecule has 2 aromatic rings. The minimum absolute atomic E-state index is 0.128. The third-order valence-corrected chi connectivity index (χ3v) is 4.10. The van der Waals surface area contributed by atoms with Crippen molar-refractivity contribution in [2.75, 3.05) is 11.1 Å². The Morgan fingerprint density at radius 1 is 1.14 bits per heavy atom. The van der Waals surface area contributed by atoms with Gasteiger partial charge < -0.3 is 5.32 Å². The van der Waals surface area contributed by atoms with Crippen LogP contribution in [0.5, 0.6) is 0 Å². The summed E-state index contributed by atoms with van der Waals surface area (Å²) in [5.41, 5.74) is 1.92. The van der Waals surface area contributed by atoms with E-state index in [1.165, 1.54) is 17.8 Å². The molecule has 0 aliphatic rings. The first-order chi connectivity index (χ1) is 10.1. The van der Waals surface area contributed by atoms with Gasteiger partial charge >= 0.3 is 0 Å². The van der Waals surface area contributed by atoms with E-state index in [1.807, 2.05) is 24.3 Å². The lowest BCUT2D eigenvalue weighted by atomic mass is 10.0. The normalized spacial score (nSPS) is 10.7. The number of hydrogen-bond donors (Lipinski definition) is 1. The molecule has 1 amide bonds. The Labute approximate surface area is 128 Å². The van der Waals surface area contributed by atoms with Crippen LogP contribution in [0.2, 0.25) is 0 Å². The molecule has 0 saturated carbocycles. The average molecular weight is 303 g/mol. The zero-order valence-corrected chi connectivity index (χ0v) is 12.9. The maximum atomic E-state index is 13.5. The SMILES string of the molecule is CC(C)c1ccccc1NC(=O)CSc1ccccc1F. The number of hydrogen-bond acceptors (Lipinski definition) is 2. The Kier molecular flexibility index (Phi) is 5.39. The fraction of sp³-hybridized carbons (Fsp3) is 0.235. The van der Waals surface area contributed by atoms with Gasteiger partial charge in [0.1, 0.15) is 5.82 Å². The van der Waals surface area contributed by atoms with Crippen molar-refractivity contribution in [3.63, 3.8) is 0 Å². The van der Waals surface area contributed by atoms with Gasteiger partial charge in [0.2, 0.25) is 5.91 Å². The van der Waals surface area contributed by atoms with Crippen LogP contribution in [0.15, 0.2) is 53.4 Å². The monoisotopic (exact) mass is 303 g/mol. The highest BCUT2D eigenvalue weighted by Gasteiger charge is 2.10. The van der Waals surface area contributed by atoms with Crippen LogP contribution in [0, 0.1) is 5.82 Å². The van der Waals surface area contributed by atoms with Crippen LogP contribution in [0.25, 0.3) is 0 Å². The van der Waals surface area contributed by atoms with Crippen molar-refractivity contribution in [2.45, 2.75) is 24.7 Å². The van der Waals surface area contributed by atoms with Crippen LogP contribution >= 0.6 is 11.8 Å². The number of amides is 1. The molecular weight excluding hydrogens is 285 g/mol. The number of para-hydroxylation sites is 1. The van der Waals surface area contributed by atoms with Gasteiger partial charge in [-0.2, -0.15) is 0 Å². The maximum Gasteiger partial charge on any atom is 0.234 e. The van der Waals surface area contributed by atoms with Gasteiger partial charge in [-0.05, 0) is 29.7 Å². The highest BCUT2D eigenvalue weighted by molar-refractivity contribution is 8.00. The van der Waals surface area contributed by atoms with Crippen LogP contribution in [-0.4, -0.2) is 11.7 Å². The molecule has 2 rings (SSSR count). The van der Waals surface area contributed by atoms with E-state index in [0.717, 1.165) is 11.3 Å². The first kappa shape index (κ1) is 15.6. The first-order valence-corrected chi connectivity index (χ1v) is 7.82. The Bertz CT molecular complexity index is 628. The summed E-state index contributed by atoms with van der Waals surface area (Å²) in [5.74, 6) is 0.0999. The van der Waals surface area contributed by atoms with Gasteiger partial charge in [0, 0.05) is 10.6 Å². The maximum absolute atomic E-state index is 13.5. The van der Waals surface area contributed by atoms with Crippen LogP contribution in [-0.2, 0) is 4.79 Å². The molecule has 0 aromatic heterocycles. The van der Waals surface area contributed by atoms with Crippen molar-refractivity contribution < 1.29 is 9.18 Å². The lowest BCUT2D eigenvalue weighted by Crippen LogP contribution is -2.15. The Balaban J connectivity index is 1.98. The third kappa shape index (κ3) is 4.33. The number of rotatable bonds is 5. The number of anilines is 1. The van der Waals surface area contributed by atoms with Crippen molar-refractivity contribution in [1.82, 2.24) is 0 Å². The molecule has 0 unspecified atom stereocenters. The molecule has 0 radical (unpaired) electrons. The van der Waals surface area contributed by atoms with Gasteiger partial charge in [-0.15, -0.1) is 11.8 Å². The van der Waals surface area contributed by atoms with E-state index >= 15 is 0 Å². The number of carbonyl (C=O) groups is 1. The van der Waals surface area contributed by atoms with Crippen LogP contribution in [0.4, 0.5) is 10.1 Å². The molecule has 4 heteroatoms. The number of carbonyl (C=O) groups excluding carboxylic acids is 1. The van der Waals surface area contributed by atoms with E-state index in [1.54, 1.807) is 18.2 Å². The summed E-state index contributed by atoms with van der Waals surface area (Å²) >= 11 is 1.20. The topological polar surface area (TPSA) is 29.1 Å². The quantitative estimate of drug-likeness (QED) is 0.813. The largest absolute Gasteiger partial charge is 0.325 e. The second-order valence-electron chi connectivity index (χ2n) is 5.01. The summed E-state index contributed by atoms with van der Waals surface area (Å²) in [6.45, 7) is 4.16. The third-order valence-electron chi connectivity index (χ3n) is 3.05. The summed E-state index contributed by atoms with van der Waals surface area (Å²) in [7, 11) is 0. The molecule has 0 fully saturated rings. The molecule has 0 atom stereocenters. The van der Waals surface area contributed by atoms with Gasteiger partial charge in [0.25, 0.3) is 0 Å². The van der Waals surface area contributed by atoms with Crippen molar-refractivity contribution in [1.29, 1.82) is 0 Å². The van der Waals surface area contributed by atoms with E-state index in [0.29, 0.717) is 10.8 Å². The Morgan fingerprint density at radius 2 is 1.81 bits per heavy atom. The Morgan fingerprint density at radius 3 is 2.52 bits per heavy atom.